The van der Waals surface area contributed by atoms with Crippen molar-refractivity contribution in [1.82, 2.24) is 9.55 Å². The molecule has 0 bridgehead atoms. The molecule has 0 fully saturated rings. The van der Waals surface area contributed by atoms with Gasteiger partial charge in [-0.3, -0.25) is 0 Å². The molecule has 0 N–H and O–H groups in total. The molecular formula is C29H26FN3O2. The zero-order valence-electron chi connectivity index (χ0n) is 19.8. The Kier molecular flexibility index (Phi) is 7.37. The van der Waals surface area contributed by atoms with Crippen LogP contribution in [0.4, 0.5) is 4.39 Å². The Morgan fingerprint density at radius 3 is 2.37 bits per heavy atom. The first kappa shape index (κ1) is 23.9. The normalized spacial score (nSPS) is 10.7. The Hall–Kier alpha value is -4.24. The average Bonchev–Trinajstić information content (AvgIpc) is 3.25. The van der Waals surface area contributed by atoms with E-state index >= 15 is 0 Å². The molecule has 5 nitrogen and oxygen atoms in total. The molecule has 176 valence electrons. The zero-order chi connectivity index (χ0) is 24.8. The maximum Gasteiger partial charge on any atom is 0.357 e. The number of rotatable bonds is 8. The number of ether oxygens (including phenoxy) is 1. The summed E-state index contributed by atoms with van der Waals surface area (Å²) >= 11 is 0. The van der Waals surface area contributed by atoms with Crippen LogP contribution in [0.2, 0.25) is 0 Å². The first-order valence-electron chi connectivity index (χ1n) is 11.6. The first-order valence-corrected chi connectivity index (χ1v) is 11.6. The van der Waals surface area contributed by atoms with Crippen LogP contribution in [0.3, 0.4) is 0 Å². The first-order chi connectivity index (χ1) is 17.0. The summed E-state index contributed by atoms with van der Waals surface area (Å²) in [5.41, 5.74) is 4.92. The molecule has 0 unspecified atom stereocenters. The van der Waals surface area contributed by atoms with Gasteiger partial charge in [0.2, 0.25) is 0 Å². The molecule has 0 saturated heterocycles. The number of carbonyl (C=O) groups is 1. The van der Waals surface area contributed by atoms with E-state index in [4.69, 9.17) is 9.72 Å². The number of hydrogen-bond acceptors (Lipinski definition) is 4. The van der Waals surface area contributed by atoms with Gasteiger partial charge in [0, 0.05) is 18.5 Å². The second kappa shape index (κ2) is 10.8. The summed E-state index contributed by atoms with van der Waals surface area (Å²) in [7, 11) is 1.35. The zero-order valence-corrected chi connectivity index (χ0v) is 19.8. The van der Waals surface area contributed by atoms with Gasteiger partial charge < -0.3 is 9.30 Å². The number of esters is 1. The van der Waals surface area contributed by atoms with Gasteiger partial charge in [-0.05, 0) is 53.4 Å². The molecule has 0 saturated carbocycles. The lowest BCUT2D eigenvalue weighted by Gasteiger charge is -2.13. The number of carbonyl (C=O) groups excluding carboxylic acids is 1. The molecule has 0 spiro atoms. The number of benzene rings is 3. The molecule has 0 atom stereocenters. The number of hydrogen-bond donors (Lipinski definition) is 0. The third-order valence-corrected chi connectivity index (χ3v) is 5.95. The maximum atomic E-state index is 13.5. The summed E-state index contributed by atoms with van der Waals surface area (Å²) in [6.07, 6.45) is 2.61. The predicted molar refractivity (Wildman–Crippen MR) is 133 cm³/mol. The van der Waals surface area contributed by atoms with Crippen molar-refractivity contribution >= 4 is 5.97 Å². The molecular weight excluding hydrogens is 441 g/mol. The summed E-state index contributed by atoms with van der Waals surface area (Å²) < 4.78 is 20.6. The Labute approximate surface area is 204 Å². The second-order valence-electron chi connectivity index (χ2n) is 8.27. The molecule has 0 aliphatic heterocycles. The highest BCUT2D eigenvalue weighted by Gasteiger charge is 2.25. The fourth-order valence-corrected chi connectivity index (χ4v) is 4.11. The highest BCUT2D eigenvalue weighted by Crippen LogP contribution is 2.28. The summed E-state index contributed by atoms with van der Waals surface area (Å²) in [5, 5.41) is 9.42. The molecule has 0 aliphatic rings. The molecule has 0 amide bonds. The molecule has 1 heterocycles. The number of unbranched alkanes of at least 4 members (excludes halogenated alkanes) is 1. The lowest BCUT2D eigenvalue weighted by molar-refractivity contribution is 0.0589. The lowest BCUT2D eigenvalue weighted by Crippen LogP contribution is -2.15. The fraction of sp³-hybridized carbons (Fsp3) is 0.207. The number of halogens is 1. The van der Waals surface area contributed by atoms with Crippen LogP contribution in [-0.2, 0) is 17.7 Å². The Morgan fingerprint density at radius 2 is 1.71 bits per heavy atom. The molecule has 35 heavy (non-hydrogen) atoms. The van der Waals surface area contributed by atoms with Crippen molar-refractivity contribution in [3.63, 3.8) is 0 Å². The molecule has 4 aromatic rings. The minimum absolute atomic E-state index is 0.350. The molecule has 6 heteroatoms. The number of nitriles is 1. The van der Waals surface area contributed by atoms with Crippen LogP contribution in [0.1, 0.15) is 47.2 Å². The van der Waals surface area contributed by atoms with Gasteiger partial charge in [0.05, 0.1) is 18.7 Å². The van der Waals surface area contributed by atoms with Gasteiger partial charge in [-0.2, -0.15) is 5.26 Å². The van der Waals surface area contributed by atoms with Crippen LogP contribution >= 0.6 is 0 Å². The lowest BCUT2D eigenvalue weighted by atomic mass is 9.99. The second-order valence-corrected chi connectivity index (χ2v) is 8.27. The van der Waals surface area contributed by atoms with Crippen molar-refractivity contribution in [2.24, 2.45) is 0 Å². The third-order valence-electron chi connectivity index (χ3n) is 5.95. The van der Waals surface area contributed by atoms with Crippen molar-refractivity contribution in [1.29, 1.82) is 5.26 Å². The average molecular weight is 468 g/mol. The van der Waals surface area contributed by atoms with E-state index in [1.807, 2.05) is 47.0 Å². The number of imidazole rings is 1. The van der Waals surface area contributed by atoms with E-state index in [1.54, 1.807) is 18.2 Å². The van der Waals surface area contributed by atoms with Gasteiger partial charge in [0.15, 0.2) is 5.69 Å². The van der Waals surface area contributed by atoms with E-state index in [0.717, 1.165) is 35.4 Å². The minimum Gasteiger partial charge on any atom is -0.464 e. The summed E-state index contributed by atoms with van der Waals surface area (Å²) in [4.78, 5) is 17.7. The van der Waals surface area contributed by atoms with Crippen molar-refractivity contribution in [3.05, 3.63) is 101 Å². The molecule has 0 radical (unpaired) electrons. The van der Waals surface area contributed by atoms with Gasteiger partial charge in [0.1, 0.15) is 17.3 Å². The Balaban J connectivity index is 1.76. The van der Waals surface area contributed by atoms with Gasteiger partial charge >= 0.3 is 5.97 Å². The summed E-state index contributed by atoms with van der Waals surface area (Å²) in [5.74, 6) is -0.0540. The van der Waals surface area contributed by atoms with E-state index in [2.05, 4.69) is 13.0 Å². The van der Waals surface area contributed by atoms with Crippen molar-refractivity contribution in [2.45, 2.75) is 32.7 Å². The fourth-order valence-electron chi connectivity index (χ4n) is 4.11. The number of aromatic nitrogens is 2. The highest BCUT2D eigenvalue weighted by molar-refractivity contribution is 5.94. The van der Waals surface area contributed by atoms with Crippen molar-refractivity contribution in [3.8, 4) is 28.5 Å². The van der Waals surface area contributed by atoms with Gasteiger partial charge in [0.25, 0.3) is 0 Å². The topological polar surface area (TPSA) is 67.9 Å². The number of nitrogens with zero attached hydrogens (tertiary/aromatic N) is 3. The maximum absolute atomic E-state index is 13.5. The van der Waals surface area contributed by atoms with Gasteiger partial charge in [-0.15, -0.1) is 0 Å². The van der Waals surface area contributed by atoms with E-state index in [1.165, 1.54) is 19.2 Å². The molecule has 3 aromatic carbocycles. The summed E-state index contributed by atoms with van der Waals surface area (Å²) in [6.45, 7) is 2.53. The van der Waals surface area contributed by atoms with Gasteiger partial charge in [-0.25, -0.2) is 14.2 Å². The van der Waals surface area contributed by atoms with Crippen LogP contribution in [-0.4, -0.2) is 22.6 Å². The molecule has 1 aromatic heterocycles. The largest absolute Gasteiger partial charge is 0.464 e. The third kappa shape index (κ3) is 5.15. The van der Waals surface area contributed by atoms with E-state index in [-0.39, 0.29) is 5.82 Å². The Morgan fingerprint density at radius 1 is 1.03 bits per heavy atom. The van der Waals surface area contributed by atoms with Crippen molar-refractivity contribution in [2.75, 3.05) is 7.11 Å². The monoisotopic (exact) mass is 467 g/mol. The minimum atomic E-state index is -0.487. The van der Waals surface area contributed by atoms with Crippen LogP contribution in [0.15, 0.2) is 72.8 Å². The van der Waals surface area contributed by atoms with E-state index in [9.17, 15) is 14.4 Å². The SMILES string of the molecule is CCCCc1nc(-c2ccc(F)cc2)c(C(=O)OC)n1Cc1ccc(-c2ccccc2C#N)cc1. The smallest absolute Gasteiger partial charge is 0.357 e. The number of methoxy groups -OCH3 is 1. The molecule has 0 aliphatic carbocycles. The van der Waals surface area contributed by atoms with Crippen LogP contribution in [0, 0.1) is 17.1 Å². The number of aryl methyl sites for hydroxylation is 1. The predicted octanol–water partition coefficient (Wildman–Crippen LogP) is 6.41. The van der Waals surface area contributed by atoms with E-state index < -0.39 is 5.97 Å². The molecule has 4 rings (SSSR count). The summed E-state index contributed by atoms with van der Waals surface area (Å²) in [6, 6.07) is 23.6. The Bertz CT molecular complexity index is 1370. The van der Waals surface area contributed by atoms with Crippen LogP contribution in [0.5, 0.6) is 0 Å². The van der Waals surface area contributed by atoms with Crippen LogP contribution < -0.4 is 0 Å². The standard InChI is InChI=1S/C29H26FN3O2/c1-3-4-9-26-32-27(22-14-16-24(30)17-15-22)28(29(34)35-2)33(26)19-20-10-12-21(13-11-20)25-8-6-5-7-23(25)18-31/h5-8,10-17H,3-4,9,19H2,1-2H3. The highest BCUT2D eigenvalue weighted by atomic mass is 19.1. The van der Waals surface area contributed by atoms with Crippen LogP contribution in [0.25, 0.3) is 22.4 Å². The quantitative estimate of drug-likeness (QED) is 0.281. The van der Waals surface area contributed by atoms with Crippen molar-refractivity contribution < 1.29 is 13.9 Å². The van der Waals surface area contributed by atoms with E-state index in [0.29, 0.717) is 35.5 Å². The van der Waals surface area contributed by atoms with Gasteiger partial charge in [-0.1, -0.05) is 55.8 Å².